The van der Waals surface area contributed by atoms with E-state index in [-0.39, 0.29) is 17.3 Å². The highest BCUT2D eigenvalue weighted by molar-refractivity contribution is 7.92. The van der Waals surface area contributed by atoms with Crippen molar-refractivity contribution in [2.75, 3.05) is 10.0 Å². The Kier molecular flexibility index (Phi) is 8.04. The molecule has 2 aromatic heterocycles. The maximum absolute atomic E-state index is 13.2. The maximum atomic E-state index is 13.2. The number of esters is 1. The molecule has 0 aliphatic heterocycles. The number of thiazole rings is 1. The van der Waals surface area contributed by atoms with Gasteiger partial charge in [-0.05, 0) is 61.9 Å². The van der Waals surface area contributed by atoms with Crippen LogP contribution in [0.2, 0.25) is 0 Å². The predicted molar refractivity (Wildman–Crippen MR) is 157 cm³/mol. The van der Waals surface area contributed by atoms with Crippen molar-refractivity contribution >= 4 is 55.1 Å². The van der Waals surface area contributed by atoms with E-state index in [0.717, 1.165) is 10.2 Å². The number of aromatic nitrogens is 3. The minimum absolute atomic E-state index is 0.0365. The minimum atomic E-state index is -3.94. The van der Waals surface area contributed by atoms with Crippen molar-refractivity contribution < 1.29 is 22.7 Å². The minimum Gasteiger partial charge on any atom is -0.449 e. The van der Waals surface area contributed by atoms with Crippen LogP contribution < -0.4 is 10.0 Å². The van der Waals surface area contributed by atoms with Gasteiger partial charge >= 0.3 is 5.97 Å². The molecule has 1 unspecified atom stereocenters. The average Bonchev–Trinajstić information content (AvgIpc) is 3.40. The van der Waals surface area contributed by atoms with Gasteiger partial charge < -0.3 is 10.1 Å². The summed E-state index contributed by atoms with van der Waals surface area (Å²) in [6.45, 7) is 3.45. The summed E-state index contributed by atoms with van der Waals surface area (Å²) in [6, 6.07) is 21.9. The van der Waals surface area contributed by atoms with Gasteiger partial charge in [0, 0.05) is 23.1 Å². The van der Waals surface area contributed by atoms with Crippen molar-refractivity contribution in [2.24, 2.45) is 0 Å². The molecule has 0 bridgehead atoms. The lowest BCUT2D eigenvalue weighted by Gasteiger charge is -2.17. The van der Waals surface area contributed by atoms with Crippen LogP contribution in [0.4, 0.5) is 11.6 Å². The summed E-state index contributed by atoms with van der Waals surface area (Å²) in [5.41, 5.74) is 2.71. The van der Waals surface area contributed by atoms with Crippen molar-refractivity contribution in [1.29, 1.82) is 0 Å². The molecule has 0 fully saturated rings. The van der Waals surface area contributed by atoms with E-state index in [2.05, 4.69) is 25.0 Å². The van der Waals surface area contributed by atoms with Gasteiger partial charge in [-0.2, -0.15) is 0 Å². The molecule has 0 aliphatic carbocycles. The highest BCUT2D eigenvalue weighted by Gasteiger charge is 2.25. The van der Waals surface area contributed by atoms with E-state index in [1.54, 1.807) is 38.1 Å². The van der Waals surface area contributed by atoms with E-state index in [4.69, 9.17) is 4.74 Å². The number of hydrogen-bond donors (Lipinski definition) is 2. The number of anilines is 2. The van der Waals surface area contributed by atoms with E-state index in [1.165, 1.54) is 41.8 Å². The largest absolute Gasteiger partial charge is 0.449 e. The first kappa shape index (κ1) is 27.9. The third-order valence-corrected chi connectivity index (χ3v) is 8.45. The van der Waals surface area contributed by atoms with E-state index in [9.17, 15) is 18.0 Å². The summed E-state index contributed by atoms with van der Waals surface area (Å²) >= 11 is 1.47. The second-order valence-corrected chi connectivity index (χ2v) is 11.7. The molecule has 10 nitrogen and oxygen atoms in total. The Morgan fingerprint density at radius 2 is 1.68 bits per heavy atom. The van der Waals surface area contributed by atoms with Crippen LogP contribution in [-0.4, -0.2) is 41.4 Å². The first-order valence-corrected chi connectivity index (χ1v) is 14.9. The Labute approximate surface area is 240 Å². The normalized spacial score (nSPS) is 12.0. The van der Waals surface area contributed by atoms with Crippen LogP contribution in [-0.2, 0) is 19.6 Å². The molecule has 0 radical (unpaired) electrons. The zero-order valence-electron chi connectivity index (χ0n) is 22.1. The molecule has 208 valence electrons. The quantitative estimate of drug-likeness (QED) is 0.217. The summed E-state index contributed by atoms with van der Waals surface area (Å²) in [7, 11) is -3.94. The monoisotopic (exact) mass is 587 g/mol. The fourth-order valence-electron chi connectivity index (χ4n) is 3.97. The predicted octanol–water partition coefficient (Wildman–Crippen LogP) is 5.44. The smallest absolute Gasteiger partial charge is 0.339 e. The van der Waals surface area contributed by atoms with Gasteiger partial charge in [0.25, 0.3) is 15.9 Å². The number of amides is 1. The third-order valence-electron chi connectivity index (χ3n) is 6.04. The number of sulfonamides is 1. The highest BCUT2D eigenvalue weighted by Crippen LogP contribution is 2.32. The van der Waals surface area contributed by atoms with Gasteiger partial charge in [0.1, 0.15) is 5.01 Å². The number of ether oxygens (including phenoxy) is 1. The summed E-state index contributed by atoms with van der Waals surface area (Å²) in [6.07, 6.45) is 0.609. The Balaban J connectivity index is 1.27. The molecule has 1 amide bonds. The number of para-hydroxylation sites is 1. The Morgan fingerprint density at radius 1 is 0.951 bits per heavy atom. The van der Waals surface area contributed by atoms with E-state index in [1.807, 2.05) is 30.3 Å². The van der Waals surface area contributed by atoms with E-state index < -0.39 is 28.0 Å². The van der Waals surface area contributed by atoms with Crippen LogP contribution in [0.25, 0.3) is 20.8 Å². The zero-order valence-corrected chi connectivity index (χ0v) is 23.7. The number of fused-ring (bicyclic) bond motifs is 1. The van der Waals surface area contributed by atoms with Crippen molar-refractivity contribution in [1.82, 2.24) is 15.0 Å². The Bertz CT molecular complexity index is 1810. The summed E-state index contributed by atoms with van der Waals surface area (Å²) in [5.74, 6) is -1.23. The van der Waals surface area contributed by atoms with Gasteiger partial charge in [-0.15, -0.1) is 11.3 Å². The average molecular weight is 588 g/mol. The number of carbonyl (C=O) groups is 2. The van der Waals surface area contributed by atoms with Gasteiger partial charge in [-0.1, -0.05) is 37.3 Å². The van der Waals surface area contributed by atoms with Crippen molar-refractivity contribution in [3.8, 4) is 10.6 Å². The van der Waals surface area contributed by atoms with Crippen LogP contribution in [0.1, 0.15) is 29.4 Å². The first-order chi connectivity index (χ1) is 19.7. The lowest BCUT2D eigenvalue weighted by molar-refractivity contribution is -0.124. The summed E-state index contributed by atoms with van der Waals surface area (Å²) in [5, 5.41) is 3.36. The molecule has 0 saturated heterocycles. The van der Waals surface area contributed by atoms with E-state index >= 15 is 0 Å². The molecular weight excluding hydrogens is 562 g/mol. The molecule has 2 N–H and O–H groups in total. The molecule has 41 heavy (non-hydrogen) atoms. The molecule has 0 saturated carbocycles. The Hall–Kier alpha value is -4.68. The molecule has 12 heteroatoms. The number of carbonyl (C=O) groups excluding carboxylic acids is 2. The van der Waals surface area contributed by atoms with Crippen molar-refractivity contribution in [3.05, 3.63) is 96.3 Å². The van der Waals surface area contributed by atoms with Crippen LogP contribution in [0.3, 0.4) is 0 Å². The number of nitrogens with one attached hydrogen (secondary N) is 2. The van der Waals surface area contributed by atoms with Crippen molar-refractivity contribution in [3.63, 3.8) is 0 Å². The summed E-state index contributed by atoms with van der Waals surface area (Å²) in [4.78, 5) is 38.8. The maximum Gasteiger partial charge on any atom is 0.339 e. The standard InChI is InChI=1S/C29H25N5O5S2/c1-3-24(39-28(36)22-9-5-4-8-21(22)27-33-23-10-6-7-11-25(23)40-27)26(35)32-19-12-14-20(15-13-19)41(37,38)34-29-30-17-16-18(2)31-29/h4-17,24H,3H2,1-2H3,(H,32,35)(H,30,31,34). The molecule has 0 spiro atoms. The molecular formula is C29H25N5O5S2. The lowest BCUT2D eigenvalue weighted by atomic mass is 10.1. The van der Waals surface area contributed by atoms with Gasteiger partial charge in [-0.25, -0.2) is 32.9 Å². The number of nitrogens with zero attached hydrogens (tertiary/aromatic N) is 3. The molecule has 0 aliphatic rings. The van der Waals surface area contributed by atoms with E-state index in [0.29, 0.717) is 27.5 Å². The van der Waals surface area contributed by atoms with Gasteiger partial charge in [-0.3, -0.25) is 4.79 Å². The third kappa shape index (κ3) is 6.39. The molecule has 1 atom stereocenters. The number of benzene rings is 3. The molecule has 5 aromatic rings. The van der Waals surface area contributed by atoms with Crippen LogP contribution in [0, 0.1) is 6.92 Å². The second-order valence-electron chi connectivity index (χ2n) is 8.98. The fourth-order valence-corrected chi connectivity index (χ4v) is 5.92. The highest BCUT2D eigenvalue weighted by atomic mass is 32.2. The van der Waals surface area contributed by atoms with Crippen LogP contribution in [0.5, 0.6) is 0 Å². The van der Waals surface area contributed by atoms with Crippen LogP contribution in [0.15, 0.2) is 90.0 Å². The lowest BCUT2D eigenvalue weighted by Crippen LogP contribution is -2.32. The SMILES string of the molecule is CCC(OC(=O)c1ccccc1-c1nc2ccccc2s1)C(=O)Nc1ccc(S(=O)(=O)Nc2nccc(C)n2)cc1. The number of rotatable bonds is 9. The number of aryl methyl sites for hydroxylation is 1. The molecule has 2 heterocycles. The van der Waals surface area contributed by atoms with Crippen LogP contribution >= 0.6 is 11.3 Å². The van der Waals surface area contributed by atoms with Gasteiger partial charge in [0.2, 0.25) is 5.95 Å². The molecule has 5 rings (SSSR count). The van der Waals surface area contributed by atoms with Gasteiger partial charge in [0.05, 0.1) is 20.7 Å². The fraction of sp³-hybridized carbons (Fsp3) is 0.138. The topological polar surface area (TPSA) is 140 Å². The number of hydrogen-bond acceptors (Lipinski definition) is 9. The Morgan fingerprint density at radius 3 is 2.41 bits per heavy atom. The van der Waals surface area contributed by atoms with Gasteiger partial charge in [0.15, 0.2) is 6.10 Å². The first-order valence-electron chi connectivity index (χ1n) is 12.6. The zero-order chi connectivity index (χ0) is 29.0. The summed E-state index contributed by atoms with van der Waals surface area (Å²) < 4.78 is 34.3. The molecule has 3 aromatic carbocycles. The van der Waals surface area contributed by atoms with Crippen molar-refractivity contribution in [2.45, 2.75) is 31.3 Å². The second kappa shape index (κ2) is 11.8.